The lowest BCUT2D eigenvalue weighted by molar-refractivity contribution is 0.459. The van der Waals surface area contributed by atoms with E-state index in [1.54, 1.807) is 18.2 Å². The van der Waals surface area contributed by atoms with Gasteiger partial charge < -0.3 is 9.73 Å². The fourth-order valence-electron chi connectivity index (χ4n) is 1.39. The predicted octanol–water partition coefficient (Wildman–Crippen LogP) is 3.54. The summed E-state index contributed by atoms with van der Waals surface area (Å²) in [6.45, 7) is 4.64. The van der Waals surface area contributed by atoms with Crippen LogP contribution in [0, 0.1) is 0 Å². The number of nitrogens with one attached hydrogen (secondary N) is 1. The molecule has 0 aliphatic rings. The zero-order valence-corrected chi connectivity index (χ0v) is 11.6. The van der Waals surface area contributed by atoms with Crippen LogP contribution in [0.2, 0.25) is 10.0 Å². The SMILES string of the molecule is CC(C)NCc1nnc(-c2ccc(Cl)cc2Cl)o1. The number of aromatic nitrogens is 2. The maximum atomic E-state index is 6.07. The predicted molar refractivity (Wildman–Crippen MR) is 71.7 cm³/mol. The summed E-state index contributed by atoms with van der Waals surface area (Å²) in [5.41, 5.74) is 0.685. The largest absolute Gasteiger partial charge is 0.419 e. The normalized spacial score (nSPS) is 11.2. The lowest BCUT2D eigenvalue weighted by atomic mass is 10.2. The third-order valence-corrected chi connectivity index (χ3v) is 2.84. The Balaban J connectivity index is 2.18. The minimum absolute atomic E-state index is 0.361. The number of nitrogens with zero attached hydrogens (tertiary/aromatic N) is 2. The highest BCUT2D eigenvalue weighted by atomic mass is 35.5. The van der Waals surface area contributed by atoms with Gasteiger partial charge in [0, 0.05) is 11.1 Å². The van der Waals surface area contributed by atoms with Crippen molar-refractivity contribution >= 4 is 23.2 Å². The molecule has 18 heavy (non-hydrogen) atoms. The van der Waals surface area contributed by atoms with Crippen molar-refractivity contribution in [3.05, 3.63) is 34.1 Å². The second-order valence-corrected chi connectivity index (χ2v) is 5.00. The zero-order valence-electron chi connectivity index (χ0n) is 10.1. The molecule has 4 nitrogen and oxygen atoms in total. The van der Waals surface area contributed by atoms with E-state index >= 15 is 0 Å². The van der Waals surface area contributed by atoms with Gasteiger partial charge in [0.25, 0.3) is 0 Å². The first-order chi connectivity index (χ1) is 8.56. The first-order valence-electron chi connectivity index (χ1n) is 5.57. The molecular weight excluding hydrogens is 273 g/mol. The van der Waals surface area contributed by atoms with Gasteiger partial charge in [-0.1, -0.05) is 37.0 Å². The molecule has 1 N–H and O–H groups in total. The van der Waals surface area contributed by atoms with Gasteiger partial charge >= 0.3 is 0 Å². The summed E-state index contributed by atoms with van der Waals surface area (Å²) >= 11 is 11.9. The van der Waals surface area contributed by atoms with E-state index in [1.807, 2.05) is 13.8 Å². The molecule has 96 valence electrons. The number of hydrogen-bond acceptors (Lipinski definition) is 4. The Labute approximate surface area is 115 Å². The Bertz CT molecular complexity index is 540. The summed E-state index contributed by atoms with van der Waals surface area (Å²) in [5, 5.41) is 12.2. The van der Waals surface area contributed by atoms with E-state index in [2.05, 4.69) is 15.5 Å². The molecule has 0 saturated heterocycles. The summed E-state index contributed by atoms with van der Waals surface area (Å²) in [4.78, 5) is 0. The van der Waals surface area contributed by atoms with Crippen LogP contribution in [0.3, 0.4) is 0 Å². The lowest BCUT2D eigenvalue weighted by Gasteiger charge is -2.03. The van der Waals surface area contributed by atoms with Crippen LogP contribution in [-0.4, -0.2) is 16.2 Å². The molecule has 2 aromatic rings. The second-order valence-electron chi connectivity index (χ2n) is 4.16. The van der Waals surface area contributed by atoms with E-state index in [0.29, 0.717) is 40.0 Å². The van der Waals surface area contributed by atoms with Crippen LogP contribution in [-0.2, 0) is 6.54 Å². The van der Waals surface area contributed by atoms with Crippen molar-refractivity contribution in [2.24, 2.45) is 0 Å². The van der Waals surface area contributed by atoms with Gasteiger partial charge in [-0.2, -0.15) is 0 Å². The smallest absolute Gasteiger partial charge is 0.249 e. The minimum Gasteiger partial charge on any atom is -0.419 e. The molecule has 0 unspecified atom stereocenters. The fraction of sp³-hybridized carbons (Fsp3) is 0.333. The van der Waals surface area contributed by atoms with E-state index < -0.39 is 0 Å². The molecule has 1 aromatic heterocycles. The molecule has 0 aliphatic heterocycles. The Kier molecular flexibility index (Phi) is 4.22. The fourth-order valence-corrected chi connectivity index (χ4v) is 1.88. The van der Waals surface area contributed by atoms with Crippen LogP contribution >= 0.6 is 23.2 Å². The third-order valence-electron chi connectivity index (χ3n) is 2.29. The molecule has 0 radical (unpaired) electrons. The average Bonchev–Trinajstić information content (AvgIpc) is 2.75. The number of benzene rings is 1. The van der Waals surface area contributed by atoms with Gasteiger partial charge in [0.1, 0.15) is 0 Å². The molecule has 0 saturated carbocycles. The molecule has 0 aliphatic carbocycles. The van der Waals surface area contributed by atoms with E-state index in [0.717, 1.165) is 0 Å². The Morgan fingerprint density at radius 1 is 1.28 bits per heavy atom. The molecule has 0 spiro atoms. The molecule has 0 bridgehead atoms. The van der Waals surface area contributed by atoms with Gasteiger partial charge in [0.2, 0.25) is 11.8 Å². The quantitative estimate of drug-likeness (QED) is 0.934. The van der Waals surface area contributed by atoms with Crippen LogP contribution in [0.4, 0.5) is 0 Å². The van der Waals surface area contributed by atoms with Crippen molar-refractivity contribution in [3.63, 3.8) is 0 Å². The van der Waals surface area contributed by atoms with Crippen LogP contribution in [0.25, 0.3) is 11.5 Å². The van der Waals surface area contributed by atoms with Crippen molar-refractivity contribution in [2.45, 2.75) is 26.4 Å². The van der Waals surface area contributed by atoms with Gasteiger partial charge in [0.15, 0.2) is 0 Å². The van der Waals surface area contributed by atoms with Gasteiger partial charge in [-0.05, 0) is 18.2 Å². The Morgan fingerprint density at radius 2 is 2.06 bits per heavy atom. The monoisotopic (exact) mass is 285 g/mol. The Morgan fingerprint density at radius 3 is 2.72 bits per heavy atom. The highest BCUT2D eigenvalue weighted by molar-refractivity contribution is 6.36. The second kappa shape index (κ2) is 5.69. The summed E-state index contributed by atoms with van der Waals surface area (Å²) in [7, 11) is 0. The molecule has 1 heterocycles. The van der Waals surface area contributed by atoms with Gasteiger partial charge in [-0.15, -0.1) is 10.2 Å². The molecule has 6 heteroatoms. The van der Waals surface area contributed by atoms with Crippen molar-refractivity contribution in [2.75, 3.05) is 0 Å². The number of halogens is 2. The summed E-state index contributed by atoms with van der Waals surface area (Å²) < 4.78 is 5.53. The summed E-state index contributed by atoms with van der Waals surface area (Å²) in [5.74, 6) is 0.932. The molecule has 1 aromatic carbocycles. The van der Waals surface area contributed by atoms with Crippen LogP contribution in [0.15, 0.2) is 22.6 Å². The third kappa shape index (κ3) is 3.22. The van der Waals surface area contributed by atoms with Crippen LogP contribution in [0.5, 0.6) is 0 Å². The van der Waals surface area contributed by atoms with Crippen molar-refractivity contribution < 1.29 is 4.42 Å². The standard InChI is InChI=1S/C12H13Cl2N3O/c1-7(2)15-6-11-16-17-12(18-11)9-4-3-8(13)5-10(9)14/h3-5,7,15H,6H2,1-2H3. The first-order valence-corrected chi connectivity index (χ1v) is 6.33. The van der Waals surface area contributed by atoms with Gasteiger partial charge in [0.05, 0.1) is 17.1 Å². The molecule has 2 rings (SSSR count). The lowest BCUT2D eigenvalue weighted by Crippen LogP contribution is -2.21. The summed E-state index contributed by atoms with van der Waals surface area (Å²) in [6.07, 6.45) is 0. The topological polar surface area (TPSA) is 51.0 Å². The maximum absolute atomic E-state index is 6.07. The van der Waals surface area contributed by atoms with E-state index in [4.69, 9.17) is 27.6 Å². The zero-order chi connectivity index (χ0) is 13.1. The van der Waals surface area contributed by atoms with E-state index in [-0.39, 0.29) is 0 Å². The minimum atomic E-state index is 0.361. The molecular formula is C12H13Cl2N3O. The Hall–Kier alpha value is -1.10. The summed E-state index contributed by atoms with van der Waals surface area (Å²) in [6, 6.07) is 5.50. The van der Waals surface area contributed by atoms with Crippen molar-refractivity contribution in [3.8, 4) is 11.5 Å². The number of hydrogen-bond donors (Lipinski definition) is 1. The van der Waals surface area contributed by atoms with Gasteiger partial charge in [-0.3, -0.25) is 0 Å². The highest BCUT2D eigenvalue weighted by Gasteiger charge is 2.12. The van der Waals surface area contributed by atoms with Crippen LogP contribution in [0.1, 0.15) is 19.7 Å². The maximum Gasteiger partial charge on any atom is 0.249 e. The molecule has 0 fully saturated rings. The molecule has 0 amide bonds. The first kappa shape index (κ1) is 13.3. The van der Waals surface area contributed by atoms with E-state index in [9.17, 15) is 0 Å². The van der Waals surface area contributed by atoms with Crippen molar-refractivity contribution in [1.82, 2.24) is 15.5 Å². The van der Waals surface area contributed by atoms with Crippen LogP contribution < -0.4 is 5.32 Å². The number of rotatable bonds is 4. The molecule has 0 atom stereocenters. The van der Waals surface area contributed by atoms with Crippen molar-refractivity contribution in [1.29, 1.82) is 0 Å². The average molecular weight is 286 g/mol. The van der Waals surface area contributed by atoms with E-state index in [1.165, 1.54) is 0 Å². The van der Waals surface area contributed by atoms with Gasteiger partial charge in [-0.25, -0.2) is 0 Å². The highest BCUT2D eigenvalue weighted by Crippen LogP contribution is 2.29.